The molecule has 10 aromatic rings. The molecule has 0 bridgehead atoms. The first-order valence-electron chi connectivity index (χ1n) is 18.7. The summed E-state index contributed by atoms with van der Waals surface area (Å²) in [6.07, 6.45) is 2.05. The van der Waals surface area contributed by atoms with Gasteiger partial charge in [0, 0.05) is 44.7 Å². The van der Waals surface area contributed by atoms with Crippen molar-refractivity contribution in [1.29, 1.82) is 0 Å². The van der Waals surface area contributed by atoms with Crippen molar-refractivity contribution in [2.75, 3.05) is 0 Å². The molecule has 54 heavy (non-hydrogen) atoms. The number of hydrogen-bond acceptors (Lipinski definition) is 1. The molecule has 3 heterocycles. The number of aryl methyl sites for hydroxylation is 2. The number of aromatic nitrogens is 3. The third kappa shape index (κ3) is 4.85. The number of hydrogen-bond donors (Lipinski definition) is 0. The fraction of sp³-hybridized carbons (Fsp3) is 0.0784. The molecule has 0 unspecified atom stereocenters. The Morgan fingerprint density at radius 2 is 0.815 bits per heavy atom. The van der Waals surface area contributed by atoms with Gasteiger partial charge in [-0.15, -0.1) is 0 Å². The standard InChI is InChI=1S/C51H39N3/c1-32-27-28-40(34(3)49(32)36-15-13-17-38(29-36)53-45-23-9-5-19-41(45)42-20-6-10-24-46(42)53)51-35(4)50(33(2)31-52-51)37-16-14-18-39(30-37)54-47-25-11-7-21-43(47)44-22-8-12-26-48(44)54/h5-31H,1-4H3. The van der Waals surface area contributed by atoms with Crippen molar-refractivity contribution in [2.24, 2.45) is 0 Å². The lowest BCUT2D eigenvalue weighted by molar-refractivity contribution is 1.17. The smallest absolute Gasteiger partial charge is 0.0740 e. The van der Waals surface area contributed by atoms with Gasteiger partial charge < -0.3 is 9.13 Å². The minimum atomic E-state index is 1.02. The highest BCUT2D eigenvalue weighted by molar-refractivity contribution is 6.10. The molecular weight excluding hydrogens is 655 g/mol. The molecule has 0 fully saturated rings. The zero-order chi connectivity index (χ0) is 36.5. The molecule has 3 nitrogen and oxygen atoms in total. The molecule has 0 radical (unpaired) electrons. The average Bonchev–Trinajstić information content (AvgIpc) is 3.72. The Kier molecular flexibility index (Phi) is 7.38. The Morgan fingerprint density at radius 1 is 0.389 bits per heavy atom. The number of pyridine rings is 1. The van der Waals surface area contributed by atoms with Crippen molar-refractivity contribution in [3.8, 4) is 44.9 Å². The molecule has 10 rings (SSSR count). The molecule has 7 aromatic carbocycles. The van der Waals surface area contributed by atoms with E-state index < -0.39 is 0 Å². The number of fused-ring (bicyclic) bond motifs is 6. The molecule has 0 amide bonds. The van der Waals surface area contributed by atoms with Crippen molar-refractivity contribution < 1.29 is 0 Å². The topological polar surface area (TPSA) is 22.8 Å². The minimum Gasteiger partial charge on any atom is -0.309 e. The predicted molar refractivity (Wildman–Crippen MR) is 228 cm³/mol. The Hall–Kier alpha value is -6.71. The van der Waals surface area contributed by atoms with Gasteiger partial charge in [-0.2, -0.15) is 0 Å². The summed E-state index contributed by atoms with van der Waals surface area (Å²) >= 11 is 0. The summed E-state index contributed by atoms with van der Waals surface area (Å²) in [5.41, 5.74) is 19.1. The second kappa shape index (κ2) is 12.5. The molecule has 0 saturated heterocycles. The summed E-state index contributed by atoms with van der Waals surface area (Å²) in [6, 6.07) is 57.3. The number of para-hydroxylation sites is 4. The van der Waals surface area contributed by atoms with Crippen LogP contribution in [-0.2, 0) is 0 Å². The van der Waals surface area contributed by atoms with Gasteiger partial charge in [-0.25, -0.2) is 0 Å². The summed E-state index contributed by atoms with van der Waals surface area (Å²) < 4.78 is 4.79. The third-order valence-electron chi connectivity index (χ3n) is 11.4. The highest BCUT2D eigenvalue weighted by Gasteiger charge is 2.20. The molecule has 0 N–H and O–H groups in total. The van der Waals surface area contributed by atoms with E-state index in [0.717, 1.165) is 22.6 Å². The lowest BCUT2D eigenvalue weighted by Gasteiger charge is -2.19. The molecule has 3 heteroatoms. The monoisotopic (exact) mass is 693 g/mol. The average molecular weight is 694 g/mol. The van der Waals surface area contributed by atoms with Crippen LogP contribution in [0.3, 0.4) is 0 Å². The van der Waals surface area contributed by atoms with Crippen LogP contribution in [0.5, 0.6) is 0 Å². The van der Waals surface area contributed by atoms with Gasteiger partial charge in [0.2, 0.25) is 0 Å². The number of nitrogens with zero attached hydrogens (tertiary/aromatic N) is 3. The predicted octanol–water partition coefficient (Wildman–Crippen LogP) is 13.5. The summed E-state index contributed by atoms with van der Waals surface area (Å²) in [5, 5.41) is 5.07. The van der Waals surface area contributed by atoms with Gasteiger partial charge in [-0.05, 0) is 121 Å². The Morgan fingerprint density at radius 3 is 1.28 bits per heavy atom. The van der Waals surface area contributed by atoms with E-state index in [1.54, 1.807) is 0 Å². The van der Waals surface area contributed by atoms with E-state index in [-0.39, 0.29) is 0 Å². The fourth-order valence-corrected chi connectivity index (χ4v) is 9.00. The van der Waals surface area contributed by atoms with Gasteiger partial charge in [0.15, 0.2) is 0 Å². The van der Waals surface area contributed by atoms with Gasteiger partial charge >= 0.3 is 0 Å². The van der Waals surface area contributed by atoms with E-state index in [1.165, 1.54) is 88.1 Å². The first kappa shape index (κ1) is 32.0. The van der Waals surface area contributed by atoms with Gasteiger partial charge in [0.1, 0.15) is 0 Å². The van der Waals surface area contributed by atoms with Crippen molar-refractivity contribution in [2.45, 2.75) is 27.7 Å². The summed E-state index contributed by atoms with van der Waals surface area (Å²) in [6.45, 7) is 8.90. The molecule has 0 aliphatic heterocycles. The molecule has 0 aliphatic rings. The van der Waals surface area contributed by atoms with Crippen LogP contribution in [0, 0.1) is 27.7 Å². The molecule has 0 atom stereocenters. The van der Waals surface area contributed by atoms with Crippen LogP contribution in [0.4, 0.5) is 0 Å². The molecule has 258 valence electrons. The van der Waals surface area contributed by atoms with Crippen LogP contribution in [-0.4, -0.2) is 14.1 Å². The maximum Gasteiger partial charge on any atom is 0.0740 e. The van der Waals surface area contributed by atoms with Crippen LogP contribution in [0.2, 0.25) is 0 Å². The molecular formula is C51H39N3. The largest absolute Gasteiger partial charge is 0.309 e. The third-order valence-corrected chi connectivity index (χ3v) is 11.4. The second-order valence-electron chi connectivity index (χ2n) is 14.6. The number of benzene rings is 7. The highest BCUT2D eigenvalue weighted by Crippen LogP contribution is 2.41. The zero-order valence-corrected chi connectivity index (χ0v) is 30.9. The van der Waals surface area contributed by atoms with Gasteiger partial charge in [0.05, 0.1) is 27.8 Å². The first-order valence-corrected chi connectivity index (χ1v) is 18.7. The zero-order valence-electron chi connectivity index (χ0n) is 30.9. The Labute approximate surface area is 315 Å². The Bertz CT molecular complexity index is 2780. The summed E-state index contributed by atoms with van der Waals surface area (Å²) in [7, 11) is 0. The molecule has 0 saturated carbocycles. The fourth-order valence-electron chi connectivity index (χ4n) is 9.00. The first-order chi connectivity index (χ1) is 26.5. The molecule has 0 aliphatic carbocycles. The van der Waals surface area contributed by atoms with Crippen LogP contribution in [0.25, 0.3) is 88.5 Å². The normalized spacial score (nSPS) is 11.7. The van der Waals surface area contributed by atoms with Crippen molar-refractivity contribution in [3.63, 3.8) is 0 Å². The van der Waals surface area contributed by atoms with Crippen LogP contribution < -0.4 is 0 Å². The van der Waals surface area contributed by atoms with Crippen LogP contribution >= 0.6 is 0 Å². The van der Waals surface area contributed by atoms with Crippen LogP contribution in [0.1, 0.15) is 22.3 Å². The van der Waals surface area contributed by atoms with E-state index in [1.807, 2.05) is 6.20 Å². The molecule has 3 aromatic heterocycles. The second-order valence-corrected chi connectivity index (χ2v) is 14.6. The van der Waals surface area contributed by atoms with E-state index in [2.05, 4.69) is 195 Å². The van der Waals surface area contributed by atoms with Crippen molar-refractivity contribution in [1.82, 2.24) is 14.1 Å². The van der Waals surface area contributed by atoms with Crippen molar-refractivity contribution in [3.05, 3.63) is 186 Å². The quantitative estimate of drug-likeness (QED) is 0.176. The Balaban J connectivity index is 1.10. The van der Waals surface area contributed by atoms with E-state index >= 15 is 0 Å². The lowest BCUT2D eigenvalue weighted by Crippen LogP contribution is -2.00. The van der Waals surface area contributed by atoms with Crippen LogP contribution in [0.15, 0.2) is 164 Å². The summed E-state index contributed by atoms with van der Waals surface area (Å²) in [5.74, 6) is 0. The van der Waals surface area contributed by atoms with E-state index in [4.69, 9.17) is 4.98 Å². The van der Waals surface area contributed by atoms with Gasteiger partial charge in [-0.1, -0.05) is 109 Å². The van der Waals surface area contributed by atoms with Crippen molar-refractivity contribution >= 4 is 43.6 Å². The maximum absolute atomic E-state index is 5.13. The van der Waals surface area contributed by atoms with Gasteiger partial charge in [0.25, 0.3) is 0 Å². The number of rotatable bonds is 5. The minimum absolute atomic E-state index is 1.02. The maximum atomic E-state index is 5.13. The highest BCUT2D eigenvalue weighted by atomic mass is 15.0. The lowest BCUT2D eigenvalue weighted by atomic mass is 9.87. The SMILES string of the molecule is Cc1ccc(-c2ncc(C)c(-c3cccc(-n4c5ccccc5c5ccccc54)c3)c2C)c(C)c1-c1cccc(-n2c3ccccc3c3ccccc32)c1. The van der Waals surface area contributed by atoms with E-state index in [9.17, 15) is 0 Å². The van der Waals surface area contributed by atoms with E-state index in [0.29, 0.717) is 0 Å². The summed E-state index contributed by atoms with van der Waals surface area (Å²) in [4.78, 5) is 5.13. The molecule has 0 spiro atoms. The van der Waals surface area contributed by atoms with Gasteiger partial charge in [-0.3, -0.25) is 4.98 Å².